The summed E-state index contributed by atoms with van der Waals surface area (Å²) in [6.07, 6.45) is 1.86. The van der Waals surface area contributed by atoms with Gasteiger partial charge in [-0.3, -0.25) is 4.98 Å². The number of aromatic nitrogens is 1. The Morgan fingerprint density at radius 1 is 1.21 bits per heavy atom. The summed E-state index contributed by atoms with van der Waals surface area (Å²) < 4.78 is 0. The molecule has 14 heavy (non-hydrogen) atoms. The van der Waals surface area contributed by atoms with Crippen LogP contribution in [0.25, 0.3) is 10.9 Å². The van der Waals surface area contributed by atoms with E-state index in [1.54, 1.807) is 0 Å². The number of hydrogen-bond donors (Lipinski definition) is 0. The topological polar surface area (TPSA) is 16.1 Å². The Morgan fingerprint density at radius 2 is 2.00 bits per heavy atom. The summed E-state index contributed by atoms with van der Waals surface area (Å²) in [7, 11) is 2.10. The fourth-order valence-corrected chi connectivity index (χ4v) is 1.58. The van der Waals surface area contributed by atoms with Gasteiger partial charge in [-0.05, 0) is 19.1 Å². The van der Waals surface area contributed by atoms with Crippen molar-refractivity contribution in [1.29, 1.82) is 0 Å². The molecule has 2 heteroatoms. The largest absolute Gasteiger partial charge is 0.374 e. The number of pyridine rings is 1. The maximum atomic E-state index is 4.33. The van der Waals surface area contributed by atoms with Gasteiger partial charge in [-0.25, -0.2) is 0 Å². The number of anilines is 1. The van der Waals surface area contributed by atoms with Gasteiger partial charge in [0.1, 0.15) is 0 Å². The zero-order valence-electron chi connectivity index (χ0n) is 8.57. The number of hydrogen-bond acceptors (Lipinski definition) is 2. The SMILES string of the molecule is CCN(C)c1ccnc2ccccc12. The van der Waals surface area contributed by atoms with Crippen LogP contribution < -0.4 is 4.90 Å². The van der Waals surface area contributed by atoms with Gasteiger partial charge in [0, 0.05) is 30.9 Å². The van der Waals surface area contributed by atoms with E-state index in [1.807, 2.05) is 18.3 Å². The van der Waals surface area contributed by atoms with Crippen LogP contribution in [0.5, 0.6) is 0 Å². The predicted molar refractivity (Wildman–Crippen MR) is 60.7 cm³/mol. The summed E-state index contributed by atoms with van der Waals surface area (Å²) in [6.45, 7) is 3.16. The molecule has 0 N–H and O–H groups in total. The molecule has 0 spiro atoms. The van der Waals surface area contributed by atoms with Crippen molar-refractivity contribution >= 4 is 16.6 Å². The molecular formula is C12H14N2. The second kappa shape index (κ2) is 3.66. The molecule has 72 valence electrons. The van der Waals surface area contributed by atoms with E-state index in [-0.39, 0.29) is 0 Å². The van der Waals surface area contributed by atoms with Crippen LogP contribution >= 0.6 is 0 Å². The third-order valence-corrected chi connectivity index (χ3v) is 2.51. The number of benzene rings is 1. The Hall–Kier alpha value is -1.57. The lowest BCUT2D eigenvalue weighted by Crippen LogP contribution is -2.16. The molecule has 2 rings (SSSR count). The van der Waals surface area contributed by atoms with Crippen molar-refractivity contribution in [1.82, 2.24) is 4.98 Å². The van der Waals surface area contributed by atoms with Gasteiger partial charge < -0.3 is 4.90 Å². The Morgan fingerprint density at radius 3 is 2.79 bits per heavy atom. The summed E-state index contributed by atoms with van der Waals surface area (Å²) in [4.78, 5) is 6.56. The van der Waals surface area contributed by atoms with Gasteiger partial charge in [0.05, 0.1) is 5.52 Å². The lowest BCUT2D eigenvalue weighted by Gasteiger charge is -2.18. The lowest BCUT2D eigenvalue weighted by atomic mass is 10.2. The van der Waals surface area contributed by atoms with Gasteiger partial charge in [0.2, 0.25) is 0 Å². The Kier molecular flexibility index (Phi) is 2.35. The Labute approximate surface area is 84.2 Å². The summed E-state index contributed by atoms with van der Waals surface area (Å²) in [5.74, 6) is 0. The molecule has 1 heterocycles. The van der Waals surface area contributed by atoms with E-state index in [1.165, 1.54) is 11.1 Å². The molecule has 1 aromatic heterocycles. The van der Waals surface area contributed by atoms with Crippen LogP contribution in [0.4, 0.5) is 5.69 Å². The molecule has 0 amide bonds. The van der Waals surface area contributed by atoms with E-state index < -0.39 is 0 Å². The summed E-state index contributed by atoms with van der Waals surface area (Å²) in [5.41, 5.74) is 2.31. The second-order valence-electron chi connectivity index (χ2n) is 3.36. The highest BCUT2D eigenvalue weighted by Gasteiger charge is 2.03. The molecule has 2 aromatic rings. The van der Waals surface area contributed by atoms with E-state index in [0.29, 0.717) is 0 Å². The molecule has 0 radical (unpaired) electrons. The van der Waals surface area contributed by atoms with Crippen molar-refractivity contribution in [2.75, 3.05) is 18.5 Å². The standard InChI is InChI=1S/C12H14N2/c1-3-14(2)12-8-9-13-11-7-5-4-6-10(11)12/h4-9H,3H2,1-2H3. The molecule has 2 nitrogen and oxygen atoms in total. The quantitative estimate of drug-likeness (QED) is 0.716. The first kappa shape index (κ1) is 9.00. The maximum Gasteiger partial charge on any atom is 0.0722 e. The van der Waals surface area contributed by atoms with E-state index in [2.05, 4.69) is 42.1 Å². The first-order valence-electron chi connectivity index (χ1n) is 4.88. The van der Waals surface area contributed by atoms with E-state index >= 15 is 0 Å². The van der Waals surface area contributed by atoms with Crippen molar-refractivity contribution in [3.63, 3.8) is 0 Å². The average molecular weight is 186 g/mol. The fraction of sp³-hybridized carbons (Fsp3) is 0.250. The van der Waals surface area contributed by atoms with Crippen LogP contribution in [0.2, 0.25) is 0 Å². The first-order valence-corrected chi connectivity index (χ1v) is 4.88. The molecule has 0 aliphatic heterocycles. The van der Waals surface area contributed by atoms with Gasteiger partial charge in [-0.2, -0.15) is 0 Å². The van der Waals surface area contributed by atoms with Crippen molar-refractivity contribution in [2.24, 2.45) is 0 Å². The van der Waals surface area contributed by atoms with Crippen molar-refractivity contribution in [3.05, 3.63) is 36.5 Å². The number of fused-ring (bicyclic) bond motifs is 1. The molecule has 0 saturated carbocycles. The molecule has 1 aromatic carbocycles. The molecule has 0 atom stereocenters. The van der Waals surface area contributed by atoms with Crippen LogP contribution in [0.15, 0.2) is 36.5 Å². The minimum Gasteiger partial charge on any atom is -0.374 e. The monoisotopic (exact) mass is 186 g/mol. The molecule has 0 bridgehead atoms. The molecular weight excluding hydrogens is 172 g/mol. The summed E-state index contributed by atoms with van der Waals surface area (Å²) in [6, 6.07) is 10.3. The minimum atomic E-state index is 1.01. The Balaban J connectivity index is 2.65. The van der Waals surface area contributed by atoms with Crippen LogP contribution in [0.3, 0.4) is 0 Å². The van der Waals surface area contributed by atoms with Crippen molar-refractivity contribution in [3.8, 4) is 0 Å². The van der Waals surface area contributed by atoms with Gasteiger partial charge >= 0.3 is 0 Å². The lowest BCUT2D eigenvalue weighted by molar-refractivity contribution is 0.972. The third-order valence-electron chi connectivity index (χ3n) is 2.51. The molecule has 0 saturated heterocycles. The molecule has 0 aliphatic rings. The number of para-hydroxylation sites is 1. The second-order valence-corrected chi connectivity index (χ2v) is 3.36. The van der Waals surface area contributed by atoms with Gasteiger partial charge in [-0.15, -0.1) is 0 Å². The molecule has 0 aliphatic carbocycles. The van der Waals surface area contributed by atoms with Gasteiger partial charge in [-0.1, -0.05) is 18.2 Å². The number of rotatable bonds is 2. The van der Waals surface area contributed by atoms with Gasteiger partial charge in [0.15, 0.2) is 0 Å². The van der Waals surface area contributed by atoms with Gasteiger partial charge in [0.25, 0.3) is 0 Å². The van der Waals surface area contributed by atoms with Crippen LogP contribution in [0, 0.1) is 0 Å². The zero-order chi connectivity index (χ0) is 9.97. The summed E-state index contributed by atoms with van der Waals surface area (Å²) >= 11 is 0. The van der Waals surface area contributed by atoms with Crippen molar-refractivity contribution < 1.29 is 0 Å². The fourth-order valence-electron chi connectivity index (χ4n) is 1.58. The highest BCUT2D eigenvalue weighted by Crippen LogP contribution is 2.23. The van der Waals surface area contributed by atoms with E-state index in [0.717, 1.165) is 12.1 Å². The molecule has 0 unspecified atom stereocenters. The van der Waals surface area contributed by atoms with Crippen LogP contribution in [-0.4, -0.2) is 18.6 Å². The third kappa shape index (κ3) is 1.43. The average Bonchev–Trinajstić information content (AvgIpc) is 2.27. The first-order chi connectivity index (χ1) is 6.83. The smallest absolute Gasteiger partial charge is 0.0722 e. The number of nitrogens with zero attached hydrogens (tertiary/aromatic N) is 2. The van der Waals surface area contributed by atoms with Crippen molar-refractivity contribution in [2.45, 2.75) is 6.92 Å². The van der Waals surface area contributed by atoms with Crippen LogP contribution in [0.1, 0.15) is 6.92 Å². The highest BCUT2D eigenvalue weighted by molar-refractivity contribution is 5.91. The maximum absolute atomic E-state index is 4.33. The normalized spacial score (nSPS) is 10.4. The predicted octanol–water partition coefficient (Wildman–Crippen LogP) is 2.69. The Bertz CT molecular complexity index is 432. The zero-order valence-corrected chi connectivity index (χ0v) is 8.57. The van der Waals surface area contributed by atoms with E-state index in [4.69, 9.17) is 0 Å². The van der Waals surface area contributed by atoms with Crippen LogP contribution in [-0.2, 0) is 0 Å². The minimum absolute atomic E-state index is 1.01. The summed E-state index contributed by atoms with van der Waals surface area (Å²) in [5, 5.41) is 1.22. The molecule has 0 fully saturated rings. The highest BCUT2D eigenvalue weighted by atomic mass is 15.1. The van der Waals surface area contributed by atoms with E-state index in [9.17, 15) is 0 Å².